The average Bonchev–Trinajstić information content (AvgIpc) is 2.78. The molecule has 0 bridgehead atoms. The lowest BCUT2D eigenvalue weighted by atomic mass is 10.00. The lowest BCUT2D eigenvalue weighted by Crippen LogP contribution is -2.48. The van der Waals surface area contributed by atoms with Crippen LogP contribution in [0.15, 0.2) is 48.5 Å². The van der Waals surface area contributed by atoms with Gasteiger partial charge in [0.2, 0.25) is 5.91 Å². The summed E-state index contributed by atoms with van der Waals surface area (Å²) < 4.78 is 0. The number of benzene rings is 2. The molecule has 2 aliphatic rings. The first-order chi connectivity index (χ1) is 15.0. The third-order valence-corrected chi connectivity index (χ3v) is 6.28. The van der Waals surface area contributed by atoms with Crippen LogP contribution in [0.5, 0.6) is 0 Å². The highest BCUT2D eigenvalue weighted by molar-refractivity contribution is 5.94. The van der Waals surface area contributed by atoms with Gasteiger partial charge in [0.25, 0.3) is 0 Å². The van der Waals surface area contributed by atoms with E-state index in [-0.39, 0.29) is 5.91 Å². The van der Waals surface area contributed by atoms with Crippen molar-refractivity contribution in [2.24, 2.45) is 0 Å². The fourth-order valence-corrected chi connectivity index (χ4v) is 4.31. The summed E-state index contributed by atoms with van der Waals surface area (Å²) in [7, 11) is 0. The minimum Gasteiger partial charge on any atom is -0.388 e. The molecular weight excluding hydrogens is 386 g/mol. The van der Waals surface area contributed by atoms with Crippen molar-refractivity contribution in [3.8, 4) is 0 Å². The number of β-amino-alcohol motifs (C(OH)–C–C–N with tert-alkyl or cyclic N) is 1. The van der Waals surface area contributed by atoms with Crippen molar-refractivity contribution in [2.45, 2.75) is 38.7 Å². The third-order valence-electron chi connectivity index (χ3n) is 6.28. The molecule has 0 saturated carbocycles. The van der Waals surface area contributed by atoms with Crippen LogP contribution >= 0.6 is 0 Å². The van der Waals surface area contributed by atoms with E-state index in [0.717, 1.165) is 49.4 Å². The Morgan fingerprint density at radius 1 is 1.03 bits per heavy atom. The molecule has 0 aromatic heterocycles. The summed E-state index contributed by atoms with van der Waals surface area (Å²) in [4.78, 5) is 16.2. The molecule has 0 radical (unpaired) electrons. The number of carbonyl (C=O) groups excluding carboxylic acids is 1. The minimum atomic E-state index is -0.493. The van der Waals surface area contributed by atoms with Crippen LogP contribution < -0.4 is 10.2 Å². The molecule has 164 valence electrons. The molecule has 0 unspecified atom stereocenters. The summed E-state index contributed by atoms with van der Waals surface area (Å²) in [6.45, 7) is 8.96. The molecule has 4 rings (SSSR count). The van der Waals surface area contributed by atoms with E-state index in [9.17, 15) is 9.90 Å². The standard InChI is InChI=1S/C26H33N3O2/c1-19(2)21-5-8-23(9-6-21)29-15-13-28(14-16-29)18-24(30)10-3-20-4-11-25-22(17-20)7-12-26(31)27-25/h3-6,8-11,17,19,24,30H,7,12-16,18H2,1-2H3,(H,27,31)/t24-/m0/s1. The Balaban J connectivity index is 1.26. The molecule has 1 atom stereocenters. The number of nitrogens with one attached hydrogen (secondary N) is 1. The number of hydrogen-bond donors (Lipinski definition) is 2. The number of nitrogens with zero attached hydrogens (tertiary/aromatic N) is 2. The van der Waals surface area contributed by atoms with Crippen molar-refractivity contribution in [2.75, 3.05) is 42.9 Å². The van der Waals surface area contributed by atoms with Gasteiger partial charge in [0, 0.05) is 50.5 Å². The highest BCUT2D eigenvalue weighted by Gasteiger charge is 2.19. The lowest BCUT2D eigenvalue weighted by Gasteiger charge is -2.36. The van der Waals surface area contributed by atoms with Crippen LogP contribution in [0.3, 0.4) is 0 Å². The molecule has 31 heavy (non-hydrogen) atoms. The molecule has 2 aliphatic heterocycles. The Labute approximate surface area is 185 Å². The van der Waals surface area contributed by atoms with Gasteiger partial charge in [0.15, 0.2) is 0 Å². The number of aliphatic hydroxyl groups excluding tert-OH is 1. The third kappa shape index (κ3) is 5.54. The number of fused-ring (bicyclic) bond motifs is 1. The van der Waals surface area contributed by atoms with E-state index < -0.39 is 6.10 Å². The van der Waals surface area contributed by atoms with Crippen molar-refractivity contribution < 1.29 is 9.90 Å². The van der Waals surface area contributed by atoms with Crippen molar-refractivity contribution >= 4 is 23.4 Å². The quantitative estimate of drug-likeness (QED) is 0.746. The Morgan fingerprint density at radius 3 is 2.48 bits per heavy atom. The Morgan fingerprint density at radius 2 is 1.77 bits per heavy atom. The van der Waals surface area contributed by atoms with E-state index in [0.29, 0.717) is 18.9 Å². The van der Waals surface area contributed by atoms with Gasteiger partial charge >= 0.3 is 0 Å². The number of rotatable bonds is 6. The van der Waals surface area contributed by atoms with Gasteiger partial charge in [-0.2, -0.15) is 0 Å². The van der Waals surface area contributed by atoms with Crippen LogP contribution in [0.1, 0.15) is 42.9 Å². The van der Waals surface area contributed by atoms with Gasteiger partial charge in [-0.1, -0.05) is 44.2 Å². The average molecular weight is 420 g/mol. The maximum atomic E-state index is 11.5. The van der Waals surface area contributed by atoms with Crippen molar-refractivity contribution in [3.63, 3.8) is 0 Å². The number of hydrogen-bond acceptors (Lipinski definition) is 4. The second kappa shape index (κ2) is 9.67. The van der Waals surface area contributed by atoms with E-state index in [2.05, 4.69) is 59.3 Å². The predicted molar refractivity (Wildman–Crippen MR) is 128 cm³/mol. The van der Waals surface area contributed by atoms with E-state index in [4.69, 9.17) is 0 Å². The van der Waals surface area contributed by atoms with Crippen LogP contribution in [0.4, 0.5) is 11.4 Å². The monoisotopic (exact) mass is 419 g/mol. The van der Waals surface area contributed by atoms with Crippen LogP contribution in [-0.2, 0) is 11.2 Å². The summed E-state index contributed by atoms with van der Waals surface area (Å²) in [6.07, 6.45) is 4.67. The molecule has 1 fully saturated rings. The zero-order valence-electron chi connectivity index (χ0n) is 18.6. The fraction of sp³-hybridized carbons (Fsp3) is 0.423. The maximum absolute atomic E-state index is 11.5. The van der Waals surface area contributed by atoms with Crippen LogP contribution in [0.2, 0.25) is 0 Å². The molecule has 1 amide bonds. The number of aryl methyl sites for hydroxylation is 1. The minimum absolute atomic E-state index is 0.0823. The lowest BCUT2D eigenvalue weighted by molar-refractivity contribution is -0.116. The summed E-state index contributed by atoms with van der Waals surface area (Å²) in [5.74, 6) is 0.640. The van der Waals surface area contributed by atoms with Gasteiger partial charge in [-0.3, -0.25) is 9.69 Å². The maximum Gasteiger partial charge on any atom is 0.224 e. The van der Waals surface area contributed by atoms with Crippen molar-refractivity contribution in [1.29, 1.82) is 0 Å². The summed E-state index contributed by atoms with van der Waals surface area (Å²) >= 11 is 0. The van der Waals surface area contributed by atoms with Gasteiger partial charge in [-0.15, -0.1) is 0 Å². The molecule has 5 nitrogen and oxygen atoms in total. The highest BCUT2D eigenvalue weighted by Crippen LogP contribution is 2.24. The number of anilines is 2. The SMILES string of the molecule is CC(C)c1ccc(N2CCN(C[C@@H](O)C=Cc3ccc4c(c3)CCC(=O)N4)CC2)cc1. The molecule has 1 saturated heterocycles. The zero-order chi connectivity index (χ0) is 21.8. The molecule has 2 N–H and O–H groups in total. The van der Waals surface area contributed by atoms with Crippen LogP contribution in [-0.4, -0.2) is 54.7 Å². The number of piperazine rings is 1. The molecule has 5 heteroatoms. The Kier molecular flexibility index (Phi) is 6.73. The largest absolute Gasteiger partial charge is 0.388 e. The molecule has 2 aromatic carbocycles. The smallest absolute Gasteiger partial charge is 0.224 e. The van der Waals surface area contributed by atoms with Gasteiger partial charge in [0.1, 0.15) is 0 Å². The highest BCUT2D eigenvalue weighted by atomic mass is 16.3. The normalized spacial score (nSPS) is 18.3. The number of amides is 1. The molecule has 0 spiro atoms. The second-order valence-corrected chi connectivity index (χ2v) is 8.93. The van der Waals surface area contributed by atoms with Crippen LogP contribution in [0.25, 0.3) is 6.08 Å². The molecule has 0 aliphatic carbocycles. The predicted octanol–water partition coefficient (Wildman–Crippen LogP) is 3.89. The molecular formula is C26H33N3O2. The first-order valence-corrected chi connectivity index (χ1v) is 11.3. The van der Waals surface area contributed by atoms with Gasteiger partial charge in [0.05, 0.1) is 6.10 Å². The summed E-state index contributed by atoms with van der Waals surface area (Å²) in [5, 5.41) is 13.4. The van der Waals surface area contributed by atoms with Gasteiger partial charge in [-0.05, 0) is 53.3 Å². The first-order valence-electron chi connectivity index (χ1n) is 11.3. The summed E-state index contributed by atoms with van der Waals surface area (Å²) in [5.41, 5.74) is 5.79. The Hall–Kier alpha value is -2.63. The van der Waals surface area contributed by atoms with Crippen LogP contribution in [0, 0.1) is 0 Å². The van der Waals surface area contributed by atoms with E-state index in [1.54, 1.807) is 0 Å². The van der Waals surface area contributed by atoms with E-state index in [1.165, 1.54) is 11.3 Å². The zero-order valence-corrected chi connectivity index (χ0v) is 18.6. The molecule has 2 heterocycles. The fourth-order valence-electron chi connectivity index (χ4n) is 4.31. The Bertz CT molecular complexity index is 928. The topological polar surface area (TPSA) is 55.8 Å². The number of carbonyl (C=O) groups is 1. The van der Waals surface area contributed by atoms with Crippen molar-refractivity contribution in [3.05, 3.63) is 65.2 Å². The van der Waals surface area contributed by atoms with Gasteiger partial charge < -0.3 is 15.3 Å². The first kappa shape index (κ1) is 21.6. The molecule has 2 aromatic rings. The van der Waals surface area contributed by atoms with E-state index in [1.807, 2.05) is 24.3 Å². The van der Waals surface area contributed by atoms with Gasteiger partial charge in [-0.25, -0.2) is 0 Å². The van der Waals surface area contributed by atoms with Crippen molar-refractivity contribution in [1.82, 2.24) is 4.90 Å². The van der Waals surface area contributed by atoms with E-state index >= 15 is 0 Å². The number of aliphatic hydroxyl groups is 1. The summed E-state index contributed by atoms with van der Waals surface area (Å²) in [6, 6.07) is 15.0. The second-order valence-electron chi connectivity index (χ2n) is 8.93.